The van der Waals surface area contributed by atoms with Gasteiger partial charge in [-0.3, -0.25) is 0 Å². The van der Waals surface area contributed by atoms with Gasteiger partial charge in [-0.2, -0.15) is 0 Å². The molecule has 0 spiro atoms. The first-order valence-corrected chi connectivity index (χ1v) is 3.33. The minimum absolute atomic E-state index is 0. The first-order chi connectivity index (χ1) is 3.30. The molecule has 0 aliphatic rings. The van der Waals surface area contributed by atoms with Crippen molar-refractivity contribution in [2.45, 2.75) is 0 Å². The van der Waals surface area contributed by atoms with Gasteiger partial charge < -0.3 is 0 Å². The highest BCUT2D eigenvalue weighted by atomic mass is 35.5. The Kier molecular flexibility index (Phi) is 3.82. The molecule has 0 saturated carbocycles. The van der Waals surface area contributed by atoms with Gasteiger partial charge in [0.1, 0.15) is 4.34 Å². The van der Waals surface area contributed by atoms with E-state index in [1.165, 1.54) is 11.3 Å². The van der Waals surface area contributed by atoms with Crippen LogP contribution in [0, 0.1) is 0 Å². The molecule has 0 N–H and O–H groups in total. The van der Waals surface area contributed by atoms with Crippen LogP contribution in [-0.4, -0.2) is 0 Å². The molecule has 8 heavy (non-hydrogen) atoms. The van der Waals surface area contributed by atoms with Crippen molar-refractivity contribution in [3.63, 3.8) is 0 Å². The molecule has 1 aromatic heterocycles. The summed E-state index contributed by atoms with van der Waals surface area (Å²) in [6.45, 7) is 0. The molecule has 1 heterocycles. The molecular weight excluding hydrogens is 186 g/mol. The molecular formula is C4H3Cl3S. The molecule has 0 nitrogen and oxygen atoms in total. The molecule has 0 unspecified atom stereocenters. The molecule has 0 aromatic carbocycles. The van der Waals surface area contributed by atoms with Crippen LogP contribution in [0.25, 0.3) is 0 Å². The zero-order valence-electron chi connectivity index (χ0n) is 3.73. The smallest absolute Gasteiger partial charge is 0.111 e. The number of hydrogen-bond acceptors (Lipinski definition) is 1. The van der Waals surface area contributed by atoms with E-state index >= 15 is 0 Å². The van der Waals surface area contributed by atoms with E-state index in [2.05, 4.69) is 0 Å². The van der Waals surface area contributed by atoms with E-state index in [1.807, 2.05) is 5.38 Å². The summed E-state index contributed by atoms with van der Waals surface area (Å²) in [4.78, 5) is 0. The topological polar surface area (TPSA) is 0 Å². The molecule has 0 aliphatic carbocycles. The standard InChI is InChI=1S/C4H2Cl2S.ClH/c5-3-1-2-7-4(3)6;/h1-2H;1H. The van der Waals surface area contributed by atoms with Crippen LogP contribution in [0.3, 0.4) is 0 Å². The summed E-state index contributed by atoms with van der Waals surface area (Å²) in [7, 11) is 0. The minimum atomic E-state index is 0. The molecule has 46 valence electrons. The third kappa shape index (κ3) is 1.82. The first-order valence-electron chi connectivity index (χ1n) is 1.69. The number of hydrogen-bond donors (Lipinski definition) is 0. The molecule has 0 saturated heterocycles. The van der Waals surface area contributed by atoms with E-state index in [0.717, 1.165) is 0 Å². The van der Waals surface area contributed by atoms with Crippen LogP contribution in [-0.2, 0) is 0 Å². The average Bonchev–Trinajstić information content (AvgIpc) is 1.91. The fraction of sp³-hybridized carbons (Fsp3) is 0. The summed E-state index contributed by atoms with van der Waals surface area (Å²) in [6.07, 6.45) is 0. The third-order valence-electron chi connectivity index (χ3n) is 0.574. The Hall–Kier alpha value is 0.570. The van der Waals surface area contributed by atoms with Crippen molar-refractivity contribution in [3.8, 4) is 0 Å². The van der Waals surface area contributed by atoms with Crippen LogP contribution >= 0.6 is 46.9 Å². The fourth-order valence-electron chi connectivity index (χ4n) is 0.275. The summed E-state index contributed by atoms with van der Waals surface area (Å²) in [6, 6.07) is 1.77. The molecule has 0 radical (unpaired) electrons. The average molecular weight is 189 g/mol. The summed E-state index contributed by atoms with van der Waals surface area (Å²) in [5.41, 5.74) is 0. The maximum Gasteiger partial charge on any atom is 0.111 e. The van der Waals surface area contributed by atoms with Gasteiger partial charge in [-0.25, -0.2) is 0 Å². The quantitative estimate of drug-likeness (QED) is 0.586. The Morgan fingerprint density at radius 3 is 2.12 bits per heavy atom. The van der Waals surface area contributed by atoms with Gasteiger partial charge in [0.05, 0.1) is 5.02 Å². The van der Waals surface area contributed by atoms with E-state index in [0.29, 0.717) is 9.36 Å². The minimum Gasteiger partial charge on any atom is -0.147 e. The largest absolute Gasteiger partial charge is 0.147 e. The Morgan fingerprint density at radius 2 is 2.00 bits per heavy atom. The van der Waals surface area contributed by atoms with Crippen molar-refractivity contribution in [2.24, 2.45) is 0 Å². The van der Waals surface area contributed by atoms with Crippen LogP contribution in [0.1, 0.15) is 0 Å². The van der Waals surface area contributed by atoms with E-state index in [4.69, 9.17) is 23.2 Å². The van der Waals surface area contributed by atoms with Crippen LogP contribution in [0.4, 0.5) is 0 Å². The highest BCUT2D eigenvalue weighted by Crippen LogP contribution is 2.26. The maximum atomic E-state index is 5.51. The second kappa shape index (κ2) is 3.57. The lowest BCUT2D eigenvalue weighted by atomic mass is 10.7. The molecule has 0 fully saturated rings. The summed E-state index contributed by atoms with van der Waals surface area (Å²) in [5.74, 6) is 0. The predicted octanol–water partition coefficient (Wildman–Crippen LogP) is 3.48. The van der Waals surface area contributed by atoms with Crippen LogP contribution in [0.5, 0.6) is 0 Å². The molecule has 0 bridgehead atoms. The zero-order valence-corrected chi connectivity index (χ0v) is 6.87. The maximum absolute atomic E-state index is 5.51. The van der Waals surface area contributed by atoms with Crippen LogP contribution in [0.2, 0.25) is 9.36 Å². The Morgan fingerprint density at radius 1 is 1.38 bits per heavy atom. The van der Waals surface area contributed by atoms with Crippen molar-refractivity contribution in [1.82, 2.24) is 0 Å². The molecule has 0 amide bonds. The number of thiophene rings is 1. The highest BCUT2D eigenvalue weighted by molar-refractivity contribution is 7.15. The summed E-state index contributed by atoms with van der Waals surface area (Å²) < 4.78 is 0.668. The molecule has 1 aromatic rings. The molecule has 1 rings (SSSR count). The lowest BCUT2D eigenvalue weighted by Gasteiger charge is -1.73. The van der Waals surface area contributed by atoms with E-state index in [-0.39, 0.29) is 12.4 Å². The van der Waals surface area contributed by atoms with Gasteiger partial charge >= 0.3 is 0 Å². The van der Waals surface area contributed by atoms with Crippen LogP contribution in [0.15, 0.2) is 11.4 Å². The lowest BCUT2D eigenvalue weighted by molar-refractivity contribution is 2.01. The van der Waals surface area contributed by atoms with Gasteiger partial charge in [0.15, 0.2) is 0 Å². The first kappa shape index (κ1) is 8.57. The van der Waals surface area contributed by atoms with Crippen molar-refractivity contribution in [3.05, 3.63) is 20.8 Å². The van der Waals surface area contributed by atoms with Crippen molar-refractivity contribution < 1.29 is 0 Å². The fourth-order valence-corrected chi connectivity index (χ4v) is 1.27. The molecule has 0 aliphatic heterocycles. The number of halogens is 3. The second-order valence-corrected chi connectivity index (χ2v) is 2.97. The Bertz CT molecular complexity index is 144. The zero-order chi connectivity index (χ0) is 5.28. The van der Waals surface area contributed by atoms with Gasteiger partial charge in [-0.05, 0) is 11.4 Å². The van der Waals surface area contributed by atoms with Gasteiger partial charge in [0, 0.05) is 0 Å². The molecule has 0 atom stereocenters. The lowest BCUT2D eigenvalue weighted by Crippen LogP contribution is -1.43. The van der Waals surface area contributed by atoms with E-state index < -0.39 is 0 Å². The third-order valence-corrected chi connectivity index (χ3v) is 2.27. The second-order valence-electron chi connectivity index (χ2n) is 1.04. The van der Waals surface area contributed by atoms with Crippen molar-refractivity contribution in [1.29, 1.82) is 0 Å². The van der Waals surface area contributed by atoms with Gasteiger partial charge in [-0.1, -0.05) is 23.2 Å². The summed E-state index contributed by atoms with van der Waals surface area (Å²) in [5, 5.41) is 2.50. The van der Waals surface area contributed by atoms with E-state index in [9.17, 15) is 0 Å². The number of rotatable bonds is 0. The van der Waals surface area contributed by atoms with Gasteiger partial charge in [0.2, 0.25) is 0 Å². The van der Waals surface area contributed by atoms with Crippen LogP contribution < -0.4 is 0 Å². The monoisotopic (exact) mass is 188 g/mol. The SMILES string of the molecule is Cl.Clc1ccsc1Cl. The Labute approximate surface area is 67.8 Å². The molecule has 4 heteroatoms. The van der Waals surface area contributed by atoms with Gasteiger partial charge in [-0.15, -0.1) is 23.7 Å². The van der Waals surface area contributed by atoms with Crippen molar-refractivity contribution >= 4 is 46.9 Å². The van der Waals surface area contributed by atoms with E-state index in [1.54, 1.807) is 6.07 Å². The Balaban J connectivity index is 0.000000490. The normalized spacial score (nSPS) is 8.25. The predicted molar refractivity (Wildman–Crippen MR) is 41.6 cm³/mol. The van der Waals surface area contributed by atoms with Gasteiger partial charge in [0.25, 0.3) is 0 Å². The summed E-state index contributed by atoms with van der Waals surface area (Å²) >= 11 is 12.5. The highest BCUT2D eigenvalue weighted by Gasteiger charge is 1.92. The van der Waals surface area contributed by atoms with Crippen molar-refractivity contribution in [2.75, 3.05) is 0 Å².